The molecule has 1 aliphatic rings. The summed E-state index contributed by atoms with van der Waals surface area (Å²) in [6.07, 6.45) is 4.30. The van der Waals surface area contributed by atoms with Crippen molar-refractivity contribution >= 4 is 23.6 Å². The highest BCUT2D eigenvalue weighted by atomic mass is 32.2. The minimum atomic E-state index is -0.501. The molecular formula is C24H26N4O2S. The van der Waals surface area contributed by atoms with Crippen LogP contribution in [0.5, 0.6) is 0 Å². The van der Waals surface area contributed by atoms with Crippen molar-refractivity contribution < 1.29 is 9.59 Å². The predicted molar refractivity (Wildman–Crippen MR) is 123 cm³/mol. The second kappa shape index (κ2) is 9.39. The second-order valence-electron chi connectivity index (χ2n) is 7.75. The summed E-state index contributed by atoms with van der Waals surface area (Å²) in [5.74, 6) is -0.292. The molecule has 0 saturated carbocycles. The molecular weight excluding hydrogens is 408 g/mol. The molecule has 1 atom stereocenters. The smallest absolute Gasteiger partial charge is 0.240 e. The Morgan fingerprint density at radius 1 is 1.10 bits per heavy atom. The van der Waals surface area contributed by atoms with Gasteiger partial charge >= 0.3 is 0 Å². The van der Waals surface area contributed by atoms with Gasteiger partial charge in [0, 0.05) is 17.8 Å². The number of benzene rings is 2. The van der Waals surface area contributed by atoms with Gasteiger partial charge in [-0.25, -0.2) is 4.98 Å². The molecule has 1 saturated heterocycles. The number of imidazole rings is 1. The van der Waals surface area contributed by atoms with E-state index in [0.29, 0.717) is 13.0 Å². The molecule has 1 aliphatic heterocycles. The van der Waals surface area contributed by atoms with Crippen LogP contribution in [0.15, 0.2) is 66.0 Å². The SMILES string of the molecule is Cc1ccc(-c2cnc(SCC(=O)N3CCCCC3C(N)=O)n2-c2ccccc2)cc1. The summed E-state index contributed by atoms with van der Waals surface area (Å²) in [5.41, 5.74) is 9.73. The largest absolute Gasteiger partial charge is 0.368 e. The van der Waals surface area contributed by atoms with E-state index in [0.717, 1.165) is 34.9 Å². The van der Waals surface area contributed by atoms with Gasteiger partial charge in [0.1, 0.15) is 6.04 Å². The van der Waals surface area contributed by atoms with Gasteiger partial charge in [-0.3, -0.25) is 14.2 Å². The van der Waals surface area contributed by atoms with Crippen LogP contribution < -0.4 is 5.73 Å². The number of hydrogen-bond acceptors (Lipinski definition) is 4. The first-order valence-electron chi connectivity index (χ1n) is 10.5. The number of carbonyl (C=O) groups excluding carboxylic acids is 2. The third kappa shape index (κ3) is 4.66. The molecule has 160 valence electrons. The molecule has 4 rings (SSSR count). The van der Waals surface area contributed by atoms with Crippen molar-refractivity contribution in [2.45, 2.75) is 37.4 Å². The van der Waals surface area contributed by atoms with Gasteiger partial charge in [-0.1, -0.05) is 59.8 Å². The van der Waals surface area contributed by atoms with Crippen LogP contribution in [0.4, 0.5) is 0 Å². The molecule has 1 aromatic heterocycles. The molecule has 31 heavy (non-hydrogen) atoms. The van der Waals surface area contributed by atoms with Crippen molar-refractivity contribution in [1.29, 1.82) is 0 Å². The number of nitrogens with two attached hydrogens (primary N) is 1. The molecule has 2 aromatic carbocycles. The summed E-state index contributed by atoms with van der Waals surface area (Å²) in [5, 5.41) is 0.739. The molecule has 6 nitrogen and oxygen atoms in total. The fourth-order valence-electron chi connectivity index (χ4n) is 3.93. The lowest BCUT2D eigenvalue weighted by molar-refractivity contribution is -0.138. The molecule has 2 N–H and O–H groups in total. The number of primary amides is 1. The van der Waals surface area contributed by atoms with Gasteiger partial charge in [0.15, 0.2) is 5.16 Å². The zero-order valence-electron chi connectivity index (χ0n) is 17.5. The molecule has 0 spiro atoms. The van der Waals surface area contributed by atoms with E-state index in [4.69, 9.17) is 5.73 Å². The first kappa shape index (κ1) is 21.2. The topological polar surface area (TPSA) is 81.2 Å². The number of para-hydroxylation sites is 1. The maximum Gasteiger partial charge on any atom is 0.240 e. The lowest BCUT2D eigenvalue weighted by Crippen LogP contribution is -2.51. The van der Waals surface area contributed by atoms with E-state index in [9.17, 15) is 9.59 Å². The minimum Gasteiger partial charge on any atom is -0.368 e. The summed E-state index contributed by atoms with van der Waals surface area (Å²) >= 11 is 1.38. The summed E-state index contributed by atoms with van der Waals surface area (Å²) < 4.78 is 2.07. The number of amides is 2. The van der Waals surface area contributed by atoms with Crippen LogP contribution in [0.3, 0.4) is 0 Å². The molecule has 7 heteroatoms. The monoisotopic (exact) mass is 434 g/mol. The maximum absolute atomic E-state index is 12.9. The number of nitrogens with zero attached hydrogens (tertiary/aromatic N) is 3. The Bertz CT molecular complexity index is 1060. The van der Waals surface area contributed by atoms with Crippen molar-refractivity contribution in [3.8, 4) is 16.9 Å². The summed E-state index contributed by atoms with van der Waals surface area (Å²) in [6, 6.07) is 17.8. The number of piperidine rings is 1. The van der Waals surface area contributed by atoms with Gasteiger partial charge < -0.3 is 10.6 Å². The average Bonchev–Trinajstić information content (AvgIpc) is 3.22. The number of likely N-dealkylation sites (tertiary alicyclic amines) is 1. The molecule has 0 bridgehead atoms. The Kier molecular flexibility index (Phi) is 6.42. The Morgan fingerprint density at radius 2 is 1.84 bits per heavy atom. The number of carbonyl (C=O) groups is 2. The third-order valence-electron chi connectivity index (χ3n) is 5.57. The standard InChI is InChI=1S/C24H26N4O2S/c1-17-10-12-18(13-11-17)21-15-26-24(28(21)19-7-3-2-4-8-19)31-16-22(29)27-14-6-5-9-20(27)23(25)30/h2-4,7-8,10-13,15,20H,5-6,9,14,16H2,1H3,(H2,25,30). The first-order valence-corrected chi connectivity index (χ1v) is 11.4. The van der Waals surface area contributed by atoms with Crippen LogP contribution in [-0.4, -0.2) is 44.6 Å². The van der Waals surface area contributed by atoms with E-state index < -0.39 is 11.9 Å². The number of aromatic nitrogens is 2. The van der Waals surface area contributed by atoms with Gasteiger partial charge in [-0.05, 0) is 38.3 Å². The lowest BCUT2D eigenvalue weighted by atomic mass is 10.0. The van der Waals surface area contributed by atoms with Gasteiger partial charge in [-0.2, -0.15) is 0 Å². The number of aryl methyl sites for hydroxylation is 1. The molecule has 1 fully saturated rings. The molecule has 0 radical (unpaired) electrons. The molecule has 2 heterocycles. The van der Waals surface area contributed by atoms with E-state index in [-0.39, 0.29) is 11.7 Å². The highest BCUT2D eigenvalue weighted by molar-refractivity contribution is 7.99. The molecule has 3 aromatic rings. The Hall–Kier alpha value is -3.06. The summed E-state index contributed by atoms with van der Waals surface area (Å²) in [7, 11) is 0. The molecule has 1 unspecified atom stereocenters. The van der Waals surface area contributed by atoms with Gasteiger partial charge in [0.05, 0.1) is 17.6 Å². The van der Waals surface area contributed by atoms with Crippen molar-refractivity contribution in [1.82, 2.24) is 14.5 Å². The highest BCUT2D eigenvalue weighted by Crippen LogP contribution is 2.30. The fraction of sp³-hybridized carbons (Fsp3) is 0.292. The fourth-order valence-corrected chi connectivity index (χ4v) is 4.80. The third-order valence-corrected chi connectivity index (χ3v) is 6.50. The van der Waals surface area contributed by atoms with Crippen LogP contribution in [0.2, 0.25) is 0 Å². The Morgan fingerprint density at radius 3 is 2.55 bits per heavy atom. The van der Waals surface area contributed by atoms with Crippen LogP contribution >= 0.6 is 11.8 Å². The minimum absolute atomic E-state index is 0.0759. The van der Waals surface area contributed by atoms with Crippen LogP contribution in [0.1, 0.15) is 24.8 Å². The number of hydrogen-bond donors (Lipinski definition) is 1. The second-order valence-corrected chi connectivity index (χ2v) is 8.70. The molecule has 2 amide bonds. The van der Waals surface area contributed by atoms with E-state index in [2.05, 4.69) is 40.7 Å². The van der Waals surface area contributed by atoms with Crippen molar-refractivity contribution in [3.63, 3.8) is 0 Å². The predicted octanol–water partition coefficient (Wildman–Crippen LogP) is 3.81. The van der Waals surface area contributed by atoms with E-state index in [1.54, 1.807) is 4.90 Å². The van der Waals surface area contributed by atoms with Gasteiger partial charge in [0.25, 0.3) is 0 Å². The van der Waals surface area contributed by atoms with Crippen molar-refractivity contribution in [2.75, 3.05) is 12.3 Å². The van der Waals surface area contributed by atoms with Crippen LogP contribution in [-0.2, 0) is 9.59 Å². The first-order chi connectivity index (χ1) is 15.0. The van der Waals surface area contributed by atoms with Gasteiger partial charge in [0.2, 0.25) is 11.8 Å². The zero-order chi connectivity index (χ0) is 21.8. The molecule has 0 aliphatic carbocycles. The van der Waals surface area contributed by atoms with E-state index in [1.807, 2.05) is 36.5 Å². The highest BCUT2D eigenvalue weighted by Gasteiger charge is 2.30. The zero-order valence-corrected chi connectivity index (χ0v) is 18.3. The quantitative estimate of drug-likeness (QED) is 0.598. The average molecular weight is 435 g/mol. The Labute approximate surface area is 186 Å². The number of rotatable bonds is 6. The summed E-state index contributed by atoms with van der Waals surface area (Å²) in [6.45, 7) is 2.64. The Balaban J connectivity index is 1.60. The maximum atomic E-state index is 12.9. The van der Waals surface area contributed by atoms with Gasteiger partial charge in [-0.15, -0.1) is 0 Å². The van der Waals surface area contributed by atoms with E-state index >= 15 is 0 Å². The van der Waals surface area contributed by atoms with E-state index in [1.165, 1.54) is 17.3 Å². The lowest BCUT2D eigenvalue weighted by Gasteiger charge is -2.33. The summed E-state index contributed by atoms with van der Waals surface area (Å²) in [4.78, 5) is 30.9. The normalized spacial score (nSPS) is 16.3. The van der Waals surface area contributed by atoms with Crippen molar-refractivity contribution in [3.05, 3.63) is 66.4 Å². The van der Waals surface area contributed by atoms with Crippen LogP contribution in [0, 0.1) is 6.92 Å². The van der Waals surface area contributed by atoms with Crippen LogP contribution in [0.25, 0.3) is 16.9 Å². The van der Waals surface area contributed by atoms with Crippen molar-refractivity contribution in [2.24, 2.45) is 5.73 Å². The number of thioether (sulfide) groups is 1.